The van der Waals surface area contributed by atoms with Crippen molar-refractivity contribution in [2.75, 3.05) is 0 Å². The molecule has 0 radical (unpaired) electrons. The molecule has 2 aromatic heterocycles. The molecule has 1 aromatic carbocycles. The van der Waals surface area contributed by atoms with E-state index in [9.17, 15) is 4.79 Å². The number of benzene rings is 1. The van der Waals surface area contributed by atoms with E-state index < -0.39 is 0 Å². The number of imidazole rings is 1. The summed E-state index contributed by atoms with van der Waals surface area (Å²) in [6.45, 7) is 0.422. The van der Waals surface area contributed by atoms with Crippen molar-refractivity contribution in [3.8, 4) is 0 Å². The number of carbonyl (C=O) groups excluding carboxylic acids is 1. The number of halogens is 1. The van der Waals surface area contributed by atoms with E-state index in [-0.39, 0.29) is 11.2 Å². The summed E-state index contributed by atoms with van der Waals surface area (Å²) in [5.74, 6) is 0.0567. The number of carbonyl (C=O) groups is 1. The highest BCUT2D eigenvalue weighted by Gasteiger charge is 2.27. The Bertz CT molecular complexity index is 867. The molecule has 4 rings (SSSR count). The second-order valence-electron chi connectivity index (χ2n) is 5.48. The minimum Gasteiger partial charge on any atom is -0.349 e. The van der Waals surface area contributed by atoms with Crippen molar-refractivity contribution in [3.63, 3.8) is 0 Å². The van der Waals surface area contributed by atoms with Crippen molar-refractivity contribution in [2.24, 2.45) is 0 Å². The molecule has 6 heteroatoms. The van der Waals surface area contributed by atoms with Crippen LogP contribution in [0.1, 0.15) is 11.3 Å². The summed E-state index contributed by atoms with van der Waals surface area (Å²) in [5.41, 5.74) is 2.89. The number of rotatable bonds is 3. The topological polar surface area (TPSA) is 46.4 Å². The SMILES string of the molecule is O=C(NCc1cn2cc(Cl)ccc2n1)C1Cc2ccccc2S1. The van der Waals surface area contributed by atoms with Crippen LogP contribution in [0.25, 0.3) is 5.65 Å². The number of nitrogens with zero attached hydrogens (tertiary/aromatic N) is 2. The zero-order valence-corrected chi connectivity index (χ0v) is 13.8. The molecule has 1 aliphatic rings. The van der Waals surface area contributed by atoms with Crippen LogP contribution >= 0.6 is 23.4 Å². The lowest BCUT2D eigenvalue weighted by molar-refractivity contribution is -0.120. The smallest absolute Gasteiger partial charge is 0.234 e. The molecule has 1 atom stereocenters. The van der Waals surface area contributed by atoms with Crippen molar-refractivity contribution in [3.05, 3.63) is 65.1 Å². The summed E-state index contributed by atoms with van der Waals surface area (Å²) < 4.78 is 1.87. The lowest BCUT2D eigenvalue weighted by Gasteiger charge is -2.08. The lowest BCUT2D eigenvalue weighted by Crippen LogP contribution is -2.32. The number of hydrogen-bond donors (Lipinski definition) is 1. The number of amides is 1. The molecule has 0 fully saturated rings. The highest BCUT2D eigenvalue weighted by Crippen LogP contribution is 2.36. The first kappa shape index (κ1) is 14.6. The highest BCUT2D eigenvalue weighted by atomic mass is 35.5. The zero-order chi connectivity index (χ0) is 15.8. The molecule has 1 amide bonds. The van der Waals surface area contributed by atoms with E-state index in [2.05, 4.69) is 22.4 Å². The molecule has 0 saturated carbocycles. The first-order valence-electron chi connectivity index (χ1n) is 7.34. The third-order valence-electron chi connectivity index (χ3n) is 3.85. The second kappa shape index (κ2) is 5.91. The highest BCUT2D eigenvalue weighted by molar-refractivity contribution is 8.01. The van der Waals surface area contributed by atoms with Crippen LogP contribution in [-0.2, 0) is 17.8 Å². The molecule has 3 aromatic rings. The van der Waals surface area contributed by atoms with Crippen LogP contribution in [-0.4, -0.2) is 20.5 Å². The van der Waals surface area contributed by atoms with Gasteiger partial charge in [0.05, 0.1) is 22.5 Å². The molecule has 0 saturated heterocycles. The van der Waals surface area contributed by atoms with Gasteiger partial charge in [0.25, 0.3) is 0 Å². The fourth-order valence-electron chi connectivity index (χ4n) is 2.72. The number of hydrogen-bond acceptors (Lipinski definition) is 3. The summed E-state index contributed by atoms with van der Waals surface area (Å²) in [6.07, 6.45) is 4.48. The standard InChI is InChI=1S/C17H14ClN3OS/c18-12-5-6-16-20-13(10-21(16)9-12)8-19-17(22)15-7-11-3-1-2-4-14(11)23-15/h1-6,9-10,15H,7-8H2,(H,19,22). The summed E-state index contributed by atoms with van der Waals surface area (Å²) in [4.78, 5) is 18.0. The van der Waals surface area contributed by atoms with Crippen LogP contribution in [0.15, 0.2) is 53.7 Å². The lowest BCUT2D eigenvalue weighted by atomic mass is 10.1. The van der Waals surface area contributed by atoms with Crippen molar-refractivity contribution in [1.29, 1.82) is 0 Å². The van der Waals surface area contributed by atoms with Gasteiger partial charge in [0.15, 0.2) is 0 Å². The van der Waals surface area contributed by atoms with Gasteiger partial charge in [0, 0.05) is 17.3 Å². The maximum atomic E-state index is 12.4. The second-order valence-corrected chi connectivity index (χ2v) is 7.16. The first-order valence-corrected chi connectivity index (χ1v) is 8.60. The van der Waals surface area contributed by atoms with Gasteiger partial charge in [0.1, 0.15) is 5.65 Å². The Morgan fingerprint density at radius 1 is 1.30 bits per heavy atom. The molecule has 1 aliphatic heterocycles. The average molecular weight is 344 g/mol. The van der Waals surface area contributed by atoms with E-state index in [1.165, 1.54) is 10.5 Å². The quantitative estimate of drug-likeness (QED) is 0.793. The van der Waals surface area contributed by atoms with Crippen molar-refractivity contribution < 1.29 is 4.79 Å². The van der Waals surface area contributed by atoms with Gasteiger partial charge >= 0.3 is 0 Å². The van der Waals surface area contributed by atoms with Crippen LogP contribution in [0.3, 0.4) is 0 Å². The van der Waals surface area contributed by atoms with Crippen LogP contribution in [0.2, 0.25) is 5.02 Å². The molecule has 1 unspecified atom stereocenters. The maximum Gasteiger partial charge on any atom is 0.234 e. The van der Waals surface area contributed by atoms with E-state index in [1.807, 2.05) is 28.8 Å². The molecule has 116 valence electrons. The van der Waals surface area contributed by atoms with Crippen molar-refractivity contribution in [1.82, 2.24) is 14.7 Å². The summed E-state index contributed by atoms with van der Waals surface area (Å²) >= 11 is 7.60. The molecular formula is C17H14ClN3OS. The molecule has 0 bridgehead atoms. The third kappa shape index (κ3) is 2.94. The minimum atomic E-state index is -0.0566. The van der Waals surface area contributed by atoms with E-state index in [4.69, 9.17) is 11.6 Å². The van der Waals surface area contributed by atoms with Gasteiger partial charge in [-0.25, -0.2) is 4.98 Å². The Morgan fingerprint density at radius 3 is 3.04 bits per heavy atom. The van der Waals surface area contributed by atoms with E-state index in [0.29, 0.717) is 11.6 Å². The van der Waals surface area contributed by atoms with Crippen LogP contribution in [0, 0.1) is 0 Å². The summed E-state index contributed by atoms with van der Waals surface area (Å²) in [7, 11) is 0. The number of thioether (sulfide) groups is 1. The number of pyridine rings is 1. The molecule has 4 nitrogen and oxygen atoms in total. The van der Waals surface area contributed by atoms with Gasteiger partial charge in [-0.1, -0.05) is 29.8 Å². The van der Waals surface area contributed by atoms with Crippen molar-refractivity contribution in [2.45, 2.75) is 23.1 Å². The molecule has 0 aliphatic carbocycles. The van der Waals surface area contributed by atoms with Crippen LogP contribution < -0.4 is 5.32 Å². The van der Waals surface area contributed by atoms with E-state index >= 15 is 0 Å². The zero-order valence-electron chi connectivity index (χ0n) is 12.2. The van der Waals surface area contributed by atoms with E-state index in [0.717, 1.165) is 17.8 Å². The molecule has 1 N–H and O–H groups in total. The molecule has 3 heterocycles. The average Bonchev–Trinajstić information content (AvgIpc) is 3.15. The third-order valence-corrected chi connectivity index (χ3v) is 5.39. The van der Waals surface area contributed by atoms with E-state index in [1.54, 1.807) is 24.0 Å². The Hall–Kier alpha value is -1.98. The monoisotopic (exact) mass is 343 g/mol. The normalized spacial score (nSPS) is 16.5. The Balaban J connectivity index is 1.41. The predicted molar refractivity (Wildman–Crippen MR) is 91.8 cm³/mol. The van der Waals surface area contributed by atoms with Gasteiger partial charge in [-0.15, -0.1) is 11.8 Å². The van der Waals surface area contributed by atoms with Gasteiger partial charge in [-0.2, -0.15) is 0 Å². The fourth-order valence-corrected chi connectivity index (χ4v) is 4.11. The van der Waals surface area contributed by atoms with Crippen molar-refractivity contribution >= 4 is 34.9 Å². The van der Waals surface area contributed by atoms with Gasteiger partial charge in [-0.05, 0) is 30.2 Å². The molecule has 0 spiro atoms. The number of nitrogens with one attached hydrogen (secondary N) is 1. The maximum absolute atomic E-state index is 12.4. The Kier molecular flexibility index (Phi) is 3.75. The Morgan fingerprint density at radius 2 is 2.17 bits per heavy atom. The van der Waals surface area contributed by atoms with Gasteiger partial charge in [-0.3, -0.25) is 4.79 Å². The van der Waals surface area contributed by atoms with Gasteiger partial charge < -0.3 is 9.72 Å². The predicted octanol–water partition coefficient (Wildman–Crippen LogP) is 3.32. The summed E-state index contributed by atoms with van der Waals surface area (Å²) in [6, 6.07) is 11.8. The first-order chi connectivity index (χ1) is 11.2. The molecule has 23 heavy (non-hydrogen) atoms. The minimum absolute atomic E-state index is 0.0566. The number of fused-ring (bicyclic) bond motifs is 2. The van der Waals surface area contributed by atoms with Crippen LogP contribution in [0.5, 0.6) is 0 Å². The number of aromatic nitrogens is 2. The van der Waals surface area contributed by atoms with Crippen LogP contribution in [0.4, 0.5) is 0 Å². The Labute approximate surface area is 142 Å². The fraction of sp³-hybridized carbons (Fsp3) is 0.176. The van der Waals surface area contributed by atoms with Gasteiger partial charge in [0.2, 0.25) is 5.91 Å². The largest absolute Gasteiger partial charge is 0.349 e. The summed E-state index contributed by atoms with van der Waals surface area (Å²) in [5, 5.41) is 3.58. The molecular weight excluding hydrogens is 330 g/mol.